The Kier molecular flexibility index (Phi) is 31.8. The molecule has 0 aromatic rings. The first-order valence-electron chi connectivity index (χ1n) is 32.1. The third-order valence-corrected chi connectivity index (χ3v) is 20.9. The van der Waals surface area contributed by atoms with Gasteiger partial charge in [-0.05, 0) is 6.08 Å². The van der Waals surface area contributed by atoms with Gasteiger partial charge >= 0.3 is 85.9 Å². The molecule has 7 saturated heterocycles. The van der Waals surface area contributed by atoms with Crippen LogP contribution in [0.1, 0.15) is 0 Å². The summed E-state index contributed by atoms with van der Waals surface area (Å²) in [4.78, 5) is 50.6. The number of aliphatic hydroxyl groups excluding tert-OH is 15. The van der Waals surface area contributed by atoms with Crippen LogP contribution in [0.5, 0.6) is 0 Å². The lowest BCUT2D eigenvalue weighted by molar-refractivity contribution is -0.380. The third kappa shape index (κ3) is 24.0. The average Bonchev–Trinajstić information content (AvgIpc) is 0.766. The second-order valence-corrected chi connectivity index (χ2v) is 32.6. The van der Waals surface area contributed by atoms with E-state index in [4.69, 9.17) is 71.1 Å². The van der Waals surface area contributed by atoms with Crippen molar-refractivity contribution in [3.63, 3.8) is 0 Å². The smallest absolute Gasteiger partial charge is 0.397 e. The van der Waals surface area contributed by atoms with Gasteiger partial charge in [-0.3, -0.25) is 27.3 Å². The first-order chi connectivity index (χ1) is 53.3. The van der Waals surface area contributed by atoms with Crippen molar-refractivity contribution < 1.29 is 273 Å². The number of aliphatic carboxylic acids is 4. The van der Waals surface area contributed by atoms with Crippen LogP contribution < -0.4 is 18.9 Å². The molecule has 0 saturated carbocycles. The van der Waals surface area contributed by atoms with Gasteiger partial charge in [0.15, 0.2) is 62.3 Å². The molecular formula is C48H76N4O58S6. The molecule has 29 N–H and O–H groups in total. The van der Waals surface area contributed by atoms with Gasteiger partial charge in [0.1, 0.15) is 165 Å². The molecule has 0 amide bonds. The first-order valence-corrected chi connectivity index (χ1v) is 40.6. The summed E-state index contributed by atoms with van der Waals surface area (Å²) in [6.45, 7) is -6.25. The van der Waals surface area contributed by atoms with Gasteiger partial charge in [-0.1, -0.05) is 0 Å². The van der Waals surface area contributed by atoms with Gasteiger partial charge in [-0.2, -0.15) is 69.4 Å². The molecule has 8 aliphatic rings. The van der Waals surface area contributed by atoms with E-state index in [1.54, 1.807) is 0 Å². The van der Waals surface area contributed by atoms with Crippen molar-refractivity contribution in [2.75, 3.05) is 26.4 Å². The highest BCUT2D eigenvalue weighted by atomic mass is 32.3. The summed E-state index contributed by atoms with van der Waals surface area (Å²) >= 11 is 0. The van der Waals surface area contributed by atoms with Crippen LogP contribution in [0.15, 0.2) is 11.8 Å². The molecule has 0 aromatic carbocycles. The van der Waals surface area contributed by atoms with Crippen molar-refractivity contribution in [2.45, 2.75) is 233 Å². The molecule has 38 atom stereocenters. The number of nitrogens with one attached hydrogen (secondary N) is 4. The van der Waals surface area contributed by atoms with E-state index >= 15 is 0 Å². The summed E-state index contributed by atoms with van der Waals surface area (Å²) in [5.74, 6) is -9.97. The normalized spacial score (nSPS) is 43.2. The zero-order valence-electron chi connectivity index (χ0n) is 56.9. The monoisotopic (exact) mass is 1830 g/mol. The molecule has 15 unspecified atom stereocenters. The van der Waals surface area contributed by atoms with Crippen LogP contribution in [-0.2, 0) is 161 Å². The molecule has 0 aromatic heterocycles. The van der Waals surface area contributed by atoms with Gasteiger partial charge in [0.25, 0.3) is 0 Å². The lowest BCUT2D eigenvalue weighted by Crippen LogP contribution is -2.71. The molecule has 116 heavy (non-hydrogen) atoms. The van der Waals surface area contributed by atoms with E-state index in [2.05, 4.69) is 8.37 Å². The predicted molar refractivity (Wildman–Crippen MR) is 336 cm³/mol. The third-order valence-electron chi connectivity index (χ3n) is 17.8. The standard InChI is InChI=1S/C48H76N4O58S6/c53-2-8-27(17(57)12(41(75)96-8)49-111(76,77)78)102-46-24(64)21(61)32(35(108-46)39(71)72)106-43-14(51-113(82,83)84)19(59)30(11(99-43)5-95-116(91,92)93)104-48-26(66)23(63)33(36(110-48)40(73)74)107-44-15(52-114(85,86)87)20(60)29(10(100-44)4-94-115(88,89)90)103-47-25(65)22(62)31(34(109-47)38(69)70)105-42-13(50-112(79,80)81)18(58)28(9(3-54)98-42)101-45-16(56)6(55)1-7(97-45)37(67)68/h1,6,8-36,41-66,75H,2-5H2,(H,67,68)(H,69,70)(H,71,72)(H,73,74)(H,76,77,78)(H,79,80,81)(H,82,83,84)(H,85,86,87)(H,88,89,90)(H,91,92,93)/t6-,8+,9+,10+,11+,12+,13+,14+,15+,16+,17+,18+,19+,20+,21?,22?,23?,24?,25?,26?,27+,28+,29+,30+,31?,32?,33?,34?,35?,36?,41-,42+,43+,44+,45-,46?,47?,48?/m0/s1. The largest absolute Gasteiger partial charge is 0.479 e. The van der Waals surface area contributed by atoms with Crippen molar-refractivity contribution in [2.24, 2.45) is 0 Å². The number of rotatable bonds is 34. The maximum absolute atomic E-state index is 13.1. The maximum Gasteiger partial charge on any atom is 0.397 e. The van der Waals surface area contributed by atoms with E-state index in [1.807, 2.05) is 0 Å². The molecule has 7 fully saturated rings. The van der Waals surface area contributed by atoms with Gasteiger partial charge < -0.3 is 168 Å². The highest BCUT2D eigenvalue weighted by Gasteiger charge is 2.62. The van der Waals surface area contributed by atoms with E-state index in [9.17, 15) is 194 Å². The minimum absolute atomic E-state index is 0.488. The number of ether oxygens (including phenoxy) is 15. The van der Waals surface area contributed by atoms with Gasteiger partial charge in [-0.15, -0.1) is 0 Å². The van der Waals surface area contributed by atoms with Gasteiger partial charge in [0, 0.05) is 0 Å². The zero-order valence-corrected chi connectivity index (χ0v) is 61.8. The van der Waals surface area contributed by atoms with Crippen molar-refractivity contribution >= 4 is 85.9 Å². The lowest BCUT2D eigenvalue weighted by Gasteiger charge is -2.50. The number of hydrogen-bond donors (Lipinski definition) is 29. The highest BCUT2D eigenvalue weighted by Crippen LogP contribution is 2.40. The van der Waals surface area contributed by atoms with Crippen molar-refractivity contribution in [3.05, 3.63) is 11.8 Å². The van der Waals surface area contributed by atoms with Crippen LogP contribution in [-0.4, -0.2) is 458 Å². The van der Waals surface area contributed by atoms with Crippen LogP contribution in [0.4, 0.5) is 0 Å². The second kappa shape index (κ2) is 38.1. The molecule has 68 heteroatoms. The van der Waals surface area contributed by atoms with Crippen LogP contribution in [0.3, 0.4) is 0 Å². The highest BCUT2D eigenvalue weighted by molar-refractivity contribution is 7.84. The molecule has 8 heterocycles. The summed E-state index contributed by atoms with van der Waals surface area (Å²) in [5.41, 5.74) is 0. The van der Waals surface area contributed by atoms with Crippen molar-refractivity contribution in [1.29, 1.82) is 0 Å². The Morgan fingerprint density at radius 2 is 0.595 bits per heavy atom. The first kappa shape index (κ1) is 96.9. The SMILES string of the molecule is O=C(O)C1=C[C@H](O)[C@@H](O)[C@H](O[C@H]2[C@H](O)[C@@H](NS(=O)(=O)O)[C@@H](OC3C(C(=O)O)OC(O[C@H]4[C@H](O)[C@@H](NS(=O)(=O)O)[C@@H](OC5C(C(=O)O)OC(O[C@H]6[C@H](O)[C@@H](NS(=O)(=O)O)[C@@H](OC7C(C(=O)O)OC(O[C@H]8[C@H](O)[C@@H](NS(=O)(=O)O)[C@@H](O)O[C@@H]8CO)C(O)C7O)O[C@@H]6COS(=O)(=O)O)C(O)C5O)O[C@@H]4COS(=O)(=O)O)C(O)C3O)O[C@@H]2CO)O1. The topological polar surface area (TPSA) is 984 Å². The maximum atomic E-state index is 13.1. The van der Waals surface area contributed by atoms with E-state index in [1.165, 1.54) is 18.9 Å². The molecule has 0 radical (unpaired) electrons. The van der Waals surface area contributed by atoms with Crippen molar-refractivity contribution in [1.82, 2.24) is 18.9 Å². The predicted octanol–water partition coefficient (Wildman–Crippen LogP) is -19.7. The Labute approximate surface area is 647 Å². The van der Waals surface area contributed by atoms with Gasteiger partial charge in [-0.25, -0.2) is 27.5 Å². The Balaban J connectivity index is 1.04. The number of carbonyl (C=O) groups is 4. The minimum Gasteiger partial charge on any atom is -0.479 e. The molecule has 8 aliphatic heterocycles. The van der Waals surface area contributed by atoms with Crippen LogP contribution in [0, 0.1) is 0 Å². The summed E-state index contributed by atoms with van der Waals surface area (Å²) in [6, 6.07) is -10.7. The molecule has 0 bridgehead atoms. The molecule has 8 rings (SSSR count). The van der Waals surface area contributed by atoms with Gasteiger partial charge in [0.05, 0.1) is 26.4 Å². The fraction of sp³-hybridized carbons (Fsp3) is 0.875. The Bertz CT molecular complexity index is 4170. The molecule has 672 valence electrons. The summed E-state index contributed by atoms with van der Waals surface area (Å²) < 4.78 is 299. The van der Waals surface area contributed by atoms with E-state index in [0.29, 0.717) is 6.08 Å². The quantitative estimate of drug-likeness (QED) is 0.0266. The average molecular weight is 1830 g/mol. The Morgan fingerprint density at radius 3 is 0.879 bits per heavy atom. The lowest BCUT2D eigenvalue weighted by atomic mass is 9.94. The summed E-state index contributed by atoms with van der Waals surface area (Å²) in [7, 11) is -34.4. The zero-order chi connectivity index (χ0) is 87.2. The van der Waals surface area contributed by atoms with E-state index in [0.717, 1.165) is 0 Å². The fourth-order valence-electron chi connectivity index (χ4n) is 12.6. The summed E-state index contributed by atoms with van der Waals surface area (Å²) in [5, 5.41) is 207. The minimum atomic E-state index is -5.94. The van der Waals surface area contributed by atoms with Crippen LogP contribution >= 0.6 is 0 Å². The van der Waals surface area contributed by atoms with E-state index < -0.39 is 351 Å². The molecule has 0 aliphatic carbocycles. The molecule has 0 spiro atoms. The van der Waals surface area contributed by atoms with Gasteiger partial charge in [0.2, 0.25) is 12.0 Å². The van der Waals surface area contributed by atoms with E-state index in [-0.39, 0.29) is 0 Å². The molecule has 62 nitrogen and oxygen atoms in total. The number of carboxylic acid groups (broad SMARTS) is 4. The second-order valence-electron chi connectivity index (χ2n) is 25.7. The number of aliphatic hydroxyl groups is 15. The Morgan fingerprint density at radius 1 is 0.328 bits per heavy atom. The van der Waals surface area contributed by atoms with Crippen LogP contribution in [0.2, 0.25) is 0 Å². The molecular weight excluding hydrogens is 1750 g/mol. The number of carboxylic acids is 4. The Hall–Kier alpha value is -4.52. The number of hydrogen-bond acceptors (Lipinski definition) is 48. The fourth-order valence-corrected chi connectivity index (χ4v) is 15.6. The van der Waals surface area contributed by atoms with Crippen molar-refractivity contribution in [3.8, 4) is 0 Å². The summed E-state index contributed by atoms with van der Waals surface area (Å²) in [6.07, 6.45) is -91.2. The van der Waals surface area contributed by atoms with Crippen LogP contribution in [0.25, 0.3) is 0 Å².